The molecule has 0 saturated carbocycles. The fourth-order valence-electron chi connectivity index (χ4n) is 0. The van der Waals surface area contributed by atoms with Gasteiger partial charge in [0.25, 0.3) is 0 Å². The monoisotopic (exact) mass is 392 g/mol. The van der Waals surface area contributed by atoms with Gasteiger partial charge in [0.2, 0.25) is 0 Å². The van der Waals surface area contributed by atoms with Crippen LogP contribution >= 0.6 is 0 Å². The predicted octanol–water partition coefficient (Wildman–Crippen LogP) is -16.8. The summed E-state index contributed by atoms with van der Waals surface area (Å²) in [5.41, 5.74) is 0. The van der Waals surface area contributed by atoms with Crippen LogP contribution in [-0.2, 0) is 4.79 Å². The van der Waals surface area contributed by atoms with Crippen LogP contribution in [0.1, 0.15) is 0 Å². The van der Waals surface area contributed by atoms with E-state index in [1.807, 2.05) is 0 Å². The van der Waals surface area contributed by atoms with Crippen molar-refractivity contribution in [3.8, 4) is 0 Å². The van der Waals surface area contributed by atoms with Crippen molar-refractivity contribution in [2.75, 3.05) is 0 Å². The molecule has 0 aliphatic carbocycles. The van der Waals surface area contributed by atoms with Crippen molar-refractivity contribution in [3.05, 3.63) is 0 Å². The molecule has 0 aromatic carbocycles. The van der Waals surface area contributed by atoms with Crippen molar-refractivity contribution < 1.29 is 153 Å². The van der Waals surface area contributed by atoms with Crippen LogP contribution in [0.4, 0.5) is 13.2 Å². The predicted molar refractivity (Wildman–Crippen MR) is 56.4 cm³/mol. The van der Waals surface area contributed by atoms with Crippen LogP contribution in [0.15, 0.2) is 0 Å². The maximum atomic E-state index is 10.5. The third kappa shape index (κ3) is 178. The molecule has 15 nitrogen and oxygen atoms in total. The van der Waals surface area contributed by atoms with E-state index in [4.69, 9.17) is 9.90 Å². The Morgan fingerprint density at radius 1 is 0.591 bits per heavy atom. The molecular formula is C2H25F3Na2O15. The maximum Gasteiger partial charge on any atom is 1.00 e. The summed E-state index contributed by atoms with van der Waals surface area (Å²) in [5, 5.41) is 8.78. The van der Waals surface area contributed by atoms with Crippen molar-refractivity contribution >= 4 is 5.97 Å². The van der Waals surface area contributed by atoms with Crippen LogP contribution < -0.4 is 64.2 Å². The number of aliphatic carboxylic acids is 1. The van der Waals surface area contributed by atoms with E-state index in [9.17, 15) is 13.2 Å². The van der Waals surface area contributed by atoms with Gasteiger partial charge in [-0.25, -0.2) is 0 Å². The van der Waals surface area contributed by atoms with Gasteiger partial charge < -0.3 is 81.1 Å². The Morgan fingerprint density at radius 3 is 0.636 bits per heavy atom. The molecule has 0 spiro atoms. The minimum Gasteiger partial charge on any atom is -0.870 e. The molecule has 0 unspecified atom stereocenters. The molecule has 0 aromatic heterocycles. The number of carboxylic acids is 1. The van der Waals surface area contributed by atoms with Crippen LogP contribution in [0, 0.1) is 0 Å². The Bertz CT molecular complexity index is 103. The first-order valence-electron chi connectivity index (χ1n) is 1.23. The molecule has 0 bridgehead atoms. The van der Waals surface area contributed by atoms with E-state index >= 15 is 0 Å². The summed E-state index contributed by atoms with van der Waals surface area (Å²) >= 11 is 0. The summed E-state index contributed by atoms with van der Waals surface area (Å²) in [6.45, 7) is 0. The molecule has 0 aliphatic rings. The van der Waals surface area contributed by atoms with Crippen LogP contribution in [0.25, 0.3) is 0 Å². The van der Waals surface area contributed by atoms with E-state index in [1.54, 1.807) is 0 Å². The Hall–Kier alpha value is 0.740. The Labute approximate surface area is 165 Å². The summed E-state index contributed by atoms with van der Waals surface area (Å²) in [5.74, 6) is -3.01. The van der Waals surface area contributed by atoms with Crippen molar-refractivity contribution in [2.24, 2.45) is 0 Å². The first-order valence-corrected chi connectivity index (χ1v) is 1.23. The van der Waals surface area contributed by atoms with Gasteiger partial charge in [0, 0.05) is 0 Å². The van der Waals surface area contributed by atoms with Gasteiger partial charge >= 0.3 is 65.3 Å². The zero-order chi connectivity index (χ0) is 6.08. The first-order chi connectivity index (χ1) is 2.94. The Morgan fingerprint density at radius 2 is 0.636 bits per heavy atom. The second-order valence-electron chi connectivity index (χ2n) is 0.785. The van der Waals surface area contributed by atoms with E-state index in [0.717, 1.165) is 0 Å². The number of hydrogen-bond donors (Lipinski definition) is 0. The third-order valence-electron chi connectivity index (χ3n) is 0.231. The Balaban J connectivity index is -0.00000000171. The summed E-state index contributed by atoms with van der Waals surface area (Å²) in [6.07, 6.45) is -5.19. The standard InChI is InChI=1S/C2HF3O2.2Na.13H2O/c3-2(4,5)1(6)7;;;;;;;;;;;;;;;/h(H,6,7);;;13*1H2/q;2*+1;;;;;;;;;;;;;/p-2. The van der Waals surface area contributed by atoms with Gasteiger partial charge in [-0.15, -0.1) is 0 Å². The molecule has 25 N–H and O–H groups in total. The first kappa shape index (κ1) is 237. The van der Waals surface area contributed by atoms with E-state index in [-0.39, 0.29) is 130 Å². The quantitative estimate of drug-likeness (QED) is 0.362. The summed E-state index contributed by atoms with van der Waals surface area (Å²) in [4.78, 5) is 8.78. The molecule has 0 amide bonds. The zero-order valence-electron chi connectivity index (χ0n) is 11.4. The van der Waals surface area contributed by atoms with Gasteiger partial charge in [-0.1, -0.05) is 0 Å². The summed E-state index contributed by atoms with van der Waals surface area (Å²) in [7, 11) is 0. The van der Waals surface area contributed by atoms with Crippen LogP contribution in [0.3, 0.4) is 0 Å². The van der Waals surface area contributed by atoms with Crippen molar-refractivity contribution in [2.45, 2.75) is 6.18 Å². The van der Waals surface area contributed by atoms with E-state index < -0.39 is 12.1 Å². The molecule has 20 heteroatoms. The molecule has 0 aromatic rings. The van der Waals surface area contributed by atoms with Gasteiger partial charge in [-0.2, -0.15) is 13.2 Å². The van der Waals surface area contributed by atoms with Gasteiger partial charge in [0.15, 0.2) is 0 Å². The number of halogens is 3. The largest absolute Gasteiger partial charge is 1.00 e. The van der Waals surface area contributed by atoms with E-state index in [0.29, 0.717) is 0 Å². The van der Waals surface area contributed by atoms with Crippen LogP contribution in [0.2, 0.25) is 0 Å². The molecule has 146 valence electrons. The average Bonchev–Trinajstić information content (AvgIpc) is 1.31. The van der Waals surface area contributed by atoms with Gasteiger partial charge in [-0.05, 0) is 0 Å². The molecule has 0 saturated heterocycles. The van der Waals surface area contributed by atoms with E-state index in [2.05, 4.69) is 0 Å². The minimum atomic E-state index is -5.19. The maximum absolute atomic E-state index is 10.5. The van der Waals surface area contributed by atoms with E-state index in [1.165, 1.54) is 0 Å². The summed E-state index contributed by atoms with van der Waals surface area (Å²) < 4.78 is 31.5. The number of alkyl halides is 3. The topological polar surface area (TPSA) is 448 Å². The second-order valence-corrected chi connectivity index (χ2v) is 0.785. The molecular weight excluding hydrogens is 367 g/mol. The second kappa shape index (κ2) is 98.6. The molecule has 0 fully saturated rings. The molecule has 0 aliphatic heterocycles. The smallest absolute Gasteiger partial charge is 0.870 e. The van der Waals surface area contributed by atoms with Gasteiger partial charge in [-0.3, -0.25) is 0 Å². The van der Waals surface area contributed by atoms with Crippen molar-refractivity contribution in [3.63, 3.8) is 0 Å². The molecule has 0 atom stereocenters. The zero-order valence-corrected chi connectivity index (χ0v) is 15.4. The molecule has 0 rings (SSSR count). The number of carboxylic acid groups (broad SMARTS) is 1. The fraction of sp³-hybridized carbons (Fsp3) is 0.500. The number of carbonyl (C=O) groups is 1. The average molecular weight is 392 g/mol. The SMILES string of the molecule is O.O.O.O.O.O.O.O.O.O.O.O.O=C([O-])C(F)(F)F.[Na+].[Na+].[OH-]. The normalized spacial score (nSPS) is 3.59. The van der Waals surface area contributed by atoms with Gasteiger partial charge in [0.1, 0.15) is 5.97 Å². The molecule has 0 heterocycles. The summed E-state index contributed by atoms with van der Waals surface area (Å²) in [6, 6.07) is 0. The van der Waals surface area contributed by atoms with Crippen molar-refractivity contribution in [1.82, 2.24) is 0 Å². The number of carbonyl (C=O) groups excluding carboxylic acids is 1. The molecule has 22 heavy (non-hydrogen) atoms. The third-order valence-corrected chi connectivity index (χ3v) is 0.231. The fourth-order valence-corrected chi connectivity index (χ4v) is 0. The van der Waals surface area contributed by atoms with Crippen LogP contribution in [0.5, 0.6) is 0 Å². The van der Waals surface area contributed by atoms with Crippen LogP contribution in [-0.4, -0.2) is 83.3 Å². The number of rotatable bonds is 0. The van der Waals surface area contributed by atoms with Gasteiger partial charge in [0.05, 0.1) is 0 Å². The minimum absolute atomic E-state index is 0. The Kier molecular flexibility index (Phi) is 1060. The van der Waals surface area contributed by atoms with Crippen molar-refractivity contribution in [1.29, 1.82) is 0 Å². The number of hydrogen-bond acceptors (Lipinski definition) is 3. The molecule has 0 radical (unpaired) electrons.